The Labute approximate surface area is 117 Å². The Bertz CT molecular complexity index is 501. The van der Waals surface area contributed by atoms with Gasteiger partial charge in [0, 0.05) is 29.3 Å². The predicted molar refractivity (Wildman–Crippen MR) is 84.2 cm³/mol. The molecule has 1 N–H and O–H groups in total. The maximum atomic E-state index is 4.07. The highest BCUT2D eigenvalue weighted by Gasteiger charge is 2.16. The first-order valence-corrected chi connectivity index (χ1v) is 6.53. The molecule has 1 heterocycles. The molecule has 1 aliphatic heterocycles. The summed E-state index contributed by atoms with van der Waals surface area (Å²) in [5.74, 6) is 0. The van der Waals surface area contributed by atoms with Gasteiger partial charge in [0.05, 0.1) is 0 Å². The number of allylic oxidation sites excluding steroid dienone is 6. The van der Waals surface area contributed by atoms with Crippen LogP contribution in [0.15, 0.2) is 71.9 Å². The molecule has 0 aromatic heterocycles. The number of hydrogen-bond acceptors (Lipinski definition) is 2. The van der Waals surface area contributed by atoms with Gasteiger partial charge in [0.15, 0.2) is 0 Å². The summed E-state index contributed by atoms with van der Waals surface area (Å²) in [7, 11) is 0. The lowest BCUT2D eigenvalue weighted by Gasteiger charge is -2.31. The van der Waals surface area contributed by atoms with E-state index in [2.05, 4.69) is 62.9 Å². The van der Waals surface area contributed by atoms with Crippen molar-refractivity contribution >= 4 is 0 Å². The van der Waals surface area contributed by atoms with E-state index in [0.717, 1.165) is 34.9 Å². The van der Waals surface area contributed by atoms with Crippen molar-refractivity contribution in [1.82, 2.24) is 10.2 Å². The average molecular weight is 256 g/mol. The zero-order chi connectivity index (χ0) is 14.6. The van der Waals surface area contributed by atoms with Gasteiger partial charge >= 0.3 is 0 Å². The molecule has 0 amide bonds. The maximum absolute atomic E-state index is 4.07. The highest BCUT2D eigenvalue weighted by Crippen LogP contribution is 2.28. The van der Waals surface area contributed by atoms with Crippen molar-refractivity contribution in [2.24, 2.45) is 0 Å². The van der Waals surface area contributed by atoms with E-state index in [4.69, 9.17) is 0 Å². The van der Waals surface area contributed by atoms with Gasteiger partial charge < -0.3 is 10.2 Å². The van der Waals surface area contributed by atoms with Crippen LogP contribution in [0.5, 0.6) is 0 Å². The number of likely N-dealkylation sites (N-methyl/N-ethyl adjacent to an activating group) is 1. The highest BCUT2D eigenvalue weighted by atomic mass is 15.2. The van der Waals surface area contributed by atoms with E-state index in [0.29, 0.717) is 0 Å². The molecule has 0 aromatic carbocycles. The van der Waals surface area contributed by atoms with E-state index < -0.39 is 0 Å². The van der Waals surface area contributed by atoms with Crippen LogP contribution < -0.4 is 5.32 Å². The van der Waals surface area contributed by atoms with Crippen LogP contribution in [-0.4, -0.2) is 11.4 Å². The van der Waals surface area contributed by atoms with Gasteiger partial charge in [0.25, 0.3) is 0 Å². The smallest absolute Gasteiger partial charge is 0.0490 e. The molecule has 0 atom stereocenters. The Balaban J connectivity index is 3.17. The third-order valence-corrected chi connectivity index (χ3v) is 3.06. The van der Waals surface area contributed by atoms with Crippen LogP contribution in [-0.2, 0) is 0 Å². The third-order valence-electron chi connectivity index (χ3n) is 3.06. The Hall–Kier alpha value is -1.96. The van der Waals surface area contributed by atoms with E-state index in [-0.39, 0.29) is 0 Å². The first kappa shape index (κ1) is 15.1. The monoisotopic (exact) mass is 256 g/mol. The molecule has 2 heteroatoms. The standard InChI is InChI=1S/C17H24N2/c1-8-18-16(7)14(5)11-17-13(4)9-10-15(6)19(17)12(2)3/h9-11,18H,2,6-8H2,1,3-5H3/b14-11+. The van der Waals surface area contributed by atoms with Crippen LogP contribution in [0.25, 0.3) is 0 Å². The van der Waals surface area contributed by atoms with Crippen LogP contribution in [0.2, 0.25) is 0 Å². The number of nitrogens with zero attached hydrogens (tertiary/aromatic N) is 1. The van der Waals surface area contributed by atoms with E-state index in [9.17, 15) is 0 Å². The molecule has 0 saturated heterocycles. The summed E-state index contributed by atoms with van der Waals surface area (Å²) in [6.07, 6.45) is 6.22. The minimum absolute atomic E-state index is 0.874. The summed E-state index contributed by atoms with van der Waals surface area (Å²) in [4.78, 5) is 2.07. The molecule has 0 aromatic rings. The Kier molecular flexibility index (Phi) is 4.99. The van der Waals surface area contributed by atoms with Crippen molar-refractivity contribution < 1.29 is 0 Å². The zero-order valence-electron chi connectivity index (χ0n) is 12.5. The lowest BCUT2D eigenvalue weighted by Crippen LogP contribution is -2.21. The van der Waals surface area contributed by atoms with Crippen LogP contribution in [0.3, 0.4) is 0 Å². The lowest BCUT2D eigenvalue weighted by atomic mass is 10.0. The average Bonchev–Trinajstić information content (AvgIpc) is 2.33. The first-order chi connectivity index (χ1) is 8.88. The van der Waals surface area contributed by atoms with E-state index >= 15 is 0 Å². The predicted octanol–water partition coefficient (Wildman–Crippen LogP) is 4.25. The summed E-state index contributed by atoms with van der Waals surface area (Å²) in [6, 6.07) is 0. The molecule has 0 aliphatic carbocycles. The molecule has 0 radical (unpaired) electrons. The minimum Gasteiger partial charge on any atom is -0.386 e. The largest absolute Gasteiger partial charge is 0.386 e. The Morgan fingerprint density at radius 3 is 2.47 bits per heavy atom. The molecule has 0 saturated carbocycles. The number of nitrogens with one attached hydrogen (secondary N) is 1. The molecular weight excluding hydrogens is 232 g/mol. The molecule has 102 valence electrons. The molecule has 19 heavy (non-hydrogen) atoms. The van der Waals surface area contributed by atoms with Gasteiger partial charge in [-0.25, -0.2) is 0 Å². The molecule has 0 fully saturated rings. The van der Waals surface area contributed by atoms with Gasteiger partial charge in [-0.1, -0.05) is 25.8 Å². The molecule has 2 nitrogen and oxygen atoms in total. The summed E-state index contributed by atoms with van der Waals surface area (Å²) in [5, 5.41) is 3.24. The van der Waals surface area contributed by atoms with E-state index in [1.165, 1.54) is 5.57 Å². The zero-order valence-corrected chi connectivity index (χ0v) is 12.5. The number of hydrogen-bond donors (Lipinski definition) is 1. The van der Waals surface area contributed by atoms with Gasteiger partial charge in [-0.3, -0.25) is 0 Å². The molecular formula is C17H24N2. The SMILES string of the molecule is C=C(NCC)/C(C)=C/C1=C(C)C=CC(=C)N1C(=C)C. The topological polar surface area (TPSA) is 15.3 Å². The summed E-state index contributed by atoms with van der Waals surface area (Å²) in [6.45, 7) is 21.2. The molecule has 1 aliphatic rings. The van der Waals surface area contributed by atoms with Crippen molar-refractivity contribution in [2.75, 3.05) is 6.54 Å². The lowest BCUT2D eigenvalue weighted by molar-refractivity contribution is 0.554. The highest BCUT2D eigenvalue weighted by molar-refractivity contribution is 5.46. The molecule has 1 rings (SSSR count). The third kappa shape index (κ3) is 3.50. The van der Waals surface area contributed by atoms with Crippen molar-refractivity contribution in [3.8, 4) is 0 Å². The quantitative estimate of drug-likeness (QED) is 0.740. The van der Waals surface area contributed by atoms with Crippen molar-refractivity contribution in [3.63, 3.8) is 0 Å². The van der Waals surface area contributed by atoms with Gasteiger partial charge in [-0.05, 0) is 51.0 Å². The van der Waals surface area contributed by atoms with Crippen LogP contribution in [0.1, 0.15) is 27.7 Å². The Morgan fingerprint density at radius 2 is 1.95 bits per heavy atom. The molecule has 0 unspecified atom stereocenters. The van der Waals surface area contributed by atoms with Crippen molar-refractivity contribution in [2.45, 2.75) is 27.7 Å². The summed E-state index contributed by atoms with van der Waals surface area (Å²) in [5.41, 5.74) is 6.26. The fourth-order valence-corrected chi connectivity index (χ4v) is 1.99. The second-order valence-corrected chi connectivity index (χ2v) is 4.80. The van der Waals surface area contributed by atoms with Crippen LogP contribution >= 0.6 is 0 Å². The van der Waals surface area contributed by atoms with Crippen molar-refractivity contribution in [3.05, 3.63) is 71.9 Å². The Morgan fingerprint density at radius 1 is 1.32 bits per heavy atom. The second kappa shape index (κ2) is 6.28. The normalized spacial score (nSPS) is 15.9. The van der Waals surface area contributed by atoms with E-state index in [1.54, 1.807) is 0 Å². The van der Waals surface area contributed by atoms with E-state index in [1.807, 2.05) is 13.0 Å². The maximum Gasteiger partial charge on any atom is 0.0490 e. The first-order valence-electron chi connectivity index (χ1n) is 6.53. The van der Waals surface area contributed by atoms with Crippen molar-refractivity contribution in [1.29, 1.82) is 0 Å². The molecule has 0 bridgehead atoms. The van der Waals surface area contributed by atoms with Gasteiger partial charge in [-0.15, -0.1) is 0 Å². The fourth-order valence-electron chi connectivity index (χ4n) is 1.99. The summed E-state index contributed by atoms with van der Waals surface area (Å²) >= 11 is 0. The van der Waals surface area contributed by atoms with Gasteiger partial charge in [-0.2, -0.15) is 0 Å². The van der Waals surface area contributed by atoms with Crippen LogP contribution in [0, 0.1) is 0 Å². The molecule has 0 spiro atoms. The summed E-state index contributed by atoms with van der Waals surface area (Å²) < 4.78 is 0. The number of rotatable bonds is 5. The van der Waals surface area contributed by atoms with Gasteiger partial charge in [0.1, 0.15) is 0 Å². The van der Waals surface area contributed by atoms with Gasteiger partial charge in [0.2, 0.25) is 0 Å². The minimum atomic E-state index is 0.874. The second-order valence-electron chi connectivity index (χ2n) is 4.80. The van der Waals surface area contributed by atoms with Crippen LogP contribution in [0.4, 0.5) is 0 Å². The fraction of sp³-hybridized carbons (Fsp3) is 0.294.